The van der Waals surface area contributed by atoms with Gasteiger partial charge in [0.1, 0.15) is 11.6 Å². The van der Waals surface area contributed by atoms with Crippen molar-refractivity contribution in [2.75, 3.05) is 17.2 Å². The van der Waals surface area contributed by atoms with Gasteiger partial charge in [0.2, 0.25) is 5.91 Å². The van der Waals surface area contributed by atoms with Gasteiger partial charge >= 0.3 is 5.69 Å². The quantitative estimate of drug-likeness (QED) is 0.722. The lowest BCUT2D eigenvalue weighted by atomic mass is 10.1. The molecule has 1 amide bonds. The number of H-pyrrole nitrogens is 1. The fraction of sp³-hybridized carbons (Fsp3) is 0.450. The molecule has 152 valence electrons. The van der Waals surface area contributed by atoms with Crippen LogP contribution in [0, 0.1) is 11.7 Å². The van der Waals surface area contributed by atoms with Crippen LogP contribution in [0.25, 0.3) is 0 Å². The van der Waals surface area contributed by atoms with Crippen LogP contribution in [0.2, 0.25) is 0 Å². The Balaban J connectivity index is 2.50. The molecule has 3 N–H and O–H groups in total. The minimum atomic E-state index is -0.722. The average molecular weight is 390 g/mol. The highest BCUT2D eigenvalue weighted by molar-refractivity contribution is 5.96. The lowest BCUT2D eigenvalue weighted by Crippen LogP contribution is -2.42. The van der Waals surface area contributed by atoms with Crippen LogP contribution in [0.3, 0.4) is 0 Å². The van der Waals surface area contributed by atoms with Gasteiger partial charge in [-0.1, -0.05) is 45.4 Å². The van der Waals surface area contributed by atoms with Gasteiger partial charge in [-0.25, -0.2) is 9.18 Å². The fourth-order valence-electron chi connectivity index (χ4n) is 2.96. The average Bonchev–Trinajstić information content (AvgIpc) is 2.63. The van der Waals surface area contributed by atoms with Gasteiger partial charge in [0.25, 0.3) is 5.56 Å². The number of rotatable bonds is 8. The van der Waals surface area contributed by atoms with Crippen LogP contribution in [0.4, 0.5) is 15.9 Å². The molecule has 0 aliphatic rings. The number of carbonyl (C=O) groups excluding carboxylic acids is 1. The third kappa shape index (κ3) is 4.88. The number of carbonyl (C=O) groups is 1. The fourth-order valence-corrected chi connectivity index (χ4v) is 2.96. The van der Waals surface area contributed by atoms with E-state index < -0.39 is 23.0 Å². The van der Waals surface area contributed by atoms with E-state index in [1.165, 1.54) is 21.6 Å². The summed E-state index contributed by atoms with van der Waals surface area (Å²) in [6.07, 6.45) is 1.21. The zero-order valence-electron chi connectivity index (χ0n) is 16.5. The van der Waals surface area contributed by atoms with E-state index in [4.69, 9.17) is 5.73 Å². The molecule has 0 unspecified atom stereocenters. The smallest absolute Gasteiger partial charge is 0.330 e. The largest absolute Gasteiger partial charge is 0.383 e. The number of halogens is 1. The van der Waals surface area contributed by atoms with Gasteiger partial charge in [-0.15, -0.1) is 0 Å². The number of nitrogen functional groups attached to an aromatic ring is 1. The van der Waals surface area contributed by atoms with E-state index in [1.807, 2.05) is 20.8 Å². The van der Waals surface area contributed by atoms with Gasteiger partial charge in [0, 0.05) is 13.1 Å². The van der Waals surface area contributed by atoms with Gasteiger partial charge in [-0.2, -0.15) is 0 Å². The second-order valence-electron chi connectivity index (χ2n) is 7.16. The summed E-state index contributed by atoms with van der Waals surface area (Å²) in [6, 6.07) is 6.00. The van der Waals surface area contributed by atoms with Crippen LogP contribution in [-0.2, 0) is 17.8 Å². The lowest BCUT2D eigenvalue weighted by Gasteiger charge is -2.25. The minimum Gasteiger partial charge on any atom is -0.383 e. The van der Waals surface area contributed by atoms with Crippen molar-refractivity contribution in [3.05, 3.63) is 56.5 Å². The maximum atomic E-state index is 14.0. The van der Waals surface area contributed by atoms with Crippen LogP contribution in [0.15, 0.2) is 33.9 Å². The van der Waals surface area contributed by atoms with Crippen molar-refractivity contribution in [1.82, 2.24) is 9.55 Å². The van der Waals surface area contributed by atoms with Gasteiger partial charge in [-0.05, 0) is 24.0 Å². The zero-order valence-corrected chi connectivity index (χ0v) is 16.5. The van der Waals surface area contributed by atoms with Crippen molar-refractivity contribution in [3.8, 4) is 0 Å². The Bertz CT molecular complexity index is 949. The molecular formula is C20H27FN4O3. The highest BCUT2D eigenvalue weighted by Gasteiger charge is 2.24. The first-order valence-electron chi connectivity index (χ1n) is 9.42. The maximum absolute atomic E-state index is 14.0. The van der Waals surface area contributed by atoms with Crippen molar-refractivity contribution >= 4 is 17.4 Å². The zero-order chi connectivity index (χ0) is 20.8. The number of aromatic nitrogens is 2. The molecule has 7 nitrogen and oxygen atoms in total. The van der Waals surface area contributed by atoms with Crippen LogP contribution >= 0.6 is 0 Å². The minimum absolute atomic E-state index is 0.0552. The molecule has 1 aromatic carbocycles. The van der Waals surface area contributed by atoms with E-state index in [9.17, 15) is 18.8 Å². The summed E-state index contributed by atoms with van der Waals surface area (Å²) in [6.45, 7) is 6.32. The summed E-state index contributed by atoms with van der Waals surface area (Å²) in [5, 5.41) is 0. The Morgan fingerprint density at radius 3 is 2.57 bits per heavy atom. The standard InChI is InChI=1S/C20H27FN4O3/c1-4-5-10-24(16(26)11-14-8-6-7-9-15(14)21)17-18(22)25(12-13(2)3)20(28)23-19(17)27/h6-9,13H,4-5,10-12,22H2,1-3H3,(H,23,27,28). The molecule has 0 saturated heterocycles. The predicted molar refractivity (Wildman–Crippen MR) is 108 cm³/mol. The molecule has 8 heteroatoms. The molecule has 28 heavy (non-hydrogen) atoms. The van der Waals surface area contributed by atoms with E-state index in [0.29, 0.717) is 13.0 Å². The van der Waals surface area contributed by atoms with Crippen LogP contribution < -0.4 is 21.9 Å². The molecule has 0 saturated carbocycles. The number of nitrogens with zero attached hydrogens (tertiary/aromatic N) is 2. The third-order valence-electron chi connectivity index (χ3n) is 4.37. The molecule has 1 aromatic heterocycles. The van der Waals surface area contributed by atoms with Gasteiger partial charge in [0.15, 0.2) is 5.69 Å². The number of anilines is 2. The molecule has 0 fully saturated rings. The number of nitrogens with one attached hydrogen (secondary N) is 1. The van der Waals surface area contributed by atoms with E-state index in [-0.39, 0.29) is 36.0 Å². The number of unbranched alkanes of at least 4 members (excludes halogenated alkanes) is 1. The summed E-state index contributed by atoms with van der Waals surface area (Å²) < 4.78 is 15.2. The number of benzene rings is 1. The molecule has 2 aromatic rings. The second kappa shape index (κ2) is 9.34. The number of amides is 1. The van der Waals surface area contributed by atoms with Gasteiger partial charge < -0.3 is 10.6 Å². The van der Waals surface area contributed by atoms with E-state index >= 15 is 0 Å². The highest BCUT2D eigenvalue weighted by atomic mass is 19.1. The Morgan fingerprint density at radius 2 is 1.96 bits per heavy atom. The van der Waals surface area contributed by atoms with Gasteiger partial charge in [-0.3, -0.25) is 19.1 Å². The molecule has 0 spiro atoms. The Hall–Kier alpha value is -2.90. The number of hydrogen-bond donors (Lipinski definition) is 2. The first kappa shape index (κ1) is 21.4. The molecule has 1 heterocycles. The molecule has 0 bridgehead atoms. The lowest BCUT2D eigenvalue weighted by molar-refractivity contribution is -0.118. The number of aromatic amines is 1. The Morgan fingerprint density at radius 1 is 1.29 bits per heavy atom. The number of nitrogens with two attached hydrogens (primary N) is 1. The van der Waals surface area contributed by atoms with Crippen molar-refractivity contribution in [2.45, 2.75) is 46.6 Å². The summed E-state index contributed by atoms with van der Waals surface area (Å²) in [5.41, 5.74) is 4.98. The summed E-state index contributed by atoms with van der Waals surface area (Å²) in [5.74, 6) is -0.888. The van der Waals surface area contributed by atoms with Crippen molar-refractivity contribution < 1.29 is 9.18 Å². The van der Waals surface area contributed by atoms with Crippen molar-refractivity contribution in [3.63, 3.8) is 0 Å². The third-order valence-corrected chi connectivity index (χ3v) is 4.37. The van der Waals surface area contributed by atoms with E-state index in [2.05, 4.69) is 4.98 Å². The van der Waals surface area contributed by atoms with Crippen molar-refractivity contribution in [1.29, 1.82) is 0 Å². The summed E-state index contributed by atoms with van der Waals surface area (Å²) >= 11 is 0. The summed E-state index contributed by atoms with van der Waals surface area (Å²) in [4.78, 5) is 41.1. The molecule has 0 aliphatic carbocycles. The highest BCUT2D eigenvalue weighted by Crippen LogP contribution is 2.20. The first-order chi connectivity index (χ1) is 13.3. The van der Waals surface area contributed by atoms with Crippen LogP contribution in [-0.4, -0.2) is 22.0 Å². The summed E-state index contributed by atoms with van der Waals surface area (Å²) in [7, 11) is 0. The van der Waals surface area contributed by atoms with E-state index in [1.54, 1.807) is 12.1 Å². The van der Waals surface area contributed by atoms with Crippen LogP contribution in [0.1, 0.15) is 39.2 Å². The van der Waals surface area contributed by atoms with E-state index in [0.717, 1.165) is 6.42 Å². The maximum Gasteiger partial charge on any atom is 0.330 e. The van der Waals surface area contributed by atoms with Crippen molar-refractivity contribution in [2.24, 2.45) is 5.92 Å². The normalized spacial score (nSPS) is 11.0. The number of hydrogen-bond acceptors (Lipinski definition) is 4. The predicted octanol–water partition coefficient (Wildman–Crippen LogP) is 2.29. The second-order valence-corrected chi connectivity index (χ2v) is 7.16. The van der Waals surface area contributed by atoms with Gasteiger partial charge in [0.05, 0.1) is 6.42 Å². The van der Waals surface area contributed by atoms with Crippen LogP contribution in [0.5, 0.6) is 0 Å². The molecular weight excluding hydrogens is 363 g/mol. The molecule has 0 radical (unpaired) electrons. The SMILES string of the molecule is CCCCN(C(=O)Cc1ccccc1F)c1c(N)n(CC(C)C)c(=O)[nH]c1=O. The molecule has 0 atom stereocenters. The monoisotopic (exact) mass is 390 g/mol. The molecule has 0 aliphatic heterocycles. The molecule has 2 rings (SSSR count). The Kier molecular flexibility index (Phi) is 7.14. The first-order valence-corrected chi connectivity index (χ1v) is 9.42. The Labute approximate surface area is 163 Å². The topological polar surface area (TPSA) is 101 Å².